The summed E-state index contributed by atoms with van der Waals surface area (Å²) in [5.41, 5.74) is 5.79. The summed E-state index contributed by atoms with van der Waals surface area (Å²) in [5, 5.41) is 38.0. The summed E-state index contributed by atoms with van der Waals surface area (Å²) in [6.07, 6.45) is 0.542. The van der Waals surface area contributed by atoms with Crippen molar-refractivity contribution in [1.29, 1.82) is 0 Å². The van der Waals surface area contributed by atoms with Gasteiger partial charge in [-0.25, -0.2) is 13.6 Å². The molecule has 69 heavy (non-hydrogen) atoms. The molecule has 1 aromatic heterocycles. The van der Waals surface area contributed by atoms with Gasteiger partial charge in [-0.2, -0.15) is 0 Å². The number of imide groups is 1. The molecule has 4 atom stereocenters. The molecule has 1 aliphatic rings. The van der Waals surface area contributed by atoms with Gasteiger partial charge >= 0.3 is 11.9 Å². The van der Waals surface area contributed by atoms with Crippen LogP contribution in [0.5, 0.6) is 0 Å². The fourth-order valence-corrected chi connectivity index (χ4v) is 7.50. The molecular formula is C46H54F2N8O13. The van der Waals surface area contributed by atoms with Crippen molar-refractivity contribution in [2.45, 2.75) is 83.6 Å². The summed E-state index contributed by atoms with van der Waals surface area (Å²) in [5.74, 6) is -12.0. The normalized spacial score (nSPS) is 14.0. The number of amides is 8. The van der Waals surface area contributed by atoms with Crippen molar-refractivity contribution >= 4 is 59.2 Å². The number of nitrogens with zero attached hydrogens (tertiary/aromatic N) is 3. The van der Waals surface area contributed by atoms with Gasteiger partial charge in [-0.05, 0) is 48.1 Å². The van der Waals surface area contributed by atoms with Gasteiger partial charge in [-0.15, -0.1) is 0 Å². The van der Waals surface area contributed by atoms with Gasteiger partial charge in [-0.3, -0.25) is 48.1 Å². The van der Waals surface area contributed by atoms with E-state index in [2.05, 4.69) is 21.3 Å². The zero-order chi connectivity index (χ0) is 51.2. The lowest BCUT2D eigenvalue weighted by molar-refractivity contribution is -0.143. The zero-order valence-electron chi connectivity index (χ0n) is 37.9. The first-order chi connectivity index (χ1) is 32.5. The Bertz CT molecular complexity index is 2450. The molecule has 3 aromatic rings. The van der Waals surface area contributed by atoms with Gasteiger partial charge in [0.05, 0.1) is 12.5 Å². The van der Waals surface area contributed by atoms with Crippen LogP contribution >= 0.6 is 0 Å². The number of carboxylic acid groups (broad SMARTS) is 2. The van der Waals surface area contributed by atoms with Crippen LogP contribution in [-0.2, 0) is 54.5 Å². The topological polar surface area (TPSA) is 317 Å². The number of nitrogens with one attached hydrogen (secondary N) is 4. The molecular weight excluding hydrogens is 911 g/mol. The van der Waals surface area contributed by atoms with E-state index in [-0.39, 0.29) is 17.7 Å². The van der Waals surface area contributed by atoms with Crippen LogP contribution < -0.4 is 27.0 Å². The number of carboxylic acids is 2. The highest BCUT2D eigenvalue weighted by atomic mass is 19.1. The number of rotatable bonds is 25. The zero-order valence-corrected chi connectivity index (χ0v) is 37.9. The van der Waals surface area contributed by atoms with Crippen molar-refractivity contribution in [3.8, 4) is 11.1 Å². The van der Waals surface area contributed by atoms with E-state index < -0.39 is 159 Å². The molecule has 1 aliphatic heterocycles. The van der Waals surface area contributed by atoms with Crippen LogP contribution in [0.2, 0.25) is 0 Å². The maximum absolute atomic E-state index is 15.3. The molecule has 21 nitrogen and oxygen atoms in total. The quantitative estimate of drug-likeness (QED) is 0.0537. The minimum absolute atomic E-state index is 0.0875. The predicted octanol–water partition coefficient (Wildman–Crippen LogP) is 0.490. The van der Waals surface area contributed by atoms with Crippen LogP contribution in [0.1, 0.15) is 70.2 Å². The summed E-state index contributed by atoms with van der Waals surface area (Å²) in [4.78, 5) is 128. The van der Waals surface area contributed by atoms with Crippen LogP contribution in [0.3, 0.4) is 0 Å². The Hall–Kier alpha value is -7.82. The molecule has 0 unspecified atom stereocenters. The van der Waals surface area contributed by atoms with E-state index >= 15 is 4.39 Å². The maximum Gasteiger partial charge on any atom is 0.326 e. The number of aromatic nitrogens is 1. The fourth-order valence-electron chi connectivity index (χ4n) is 7.50. The van der Waals surface area contributed by atoms with Gasteiger partial charge in [0.1, 0.15) is 42.9 Å². The molecule has 0 spiro atoms. The average Bonchev–Trinajstić information content (AvgIpc) is 3.82. The van der Waals surface area contributed by atoms with Crippen LogP contribution in [-0.4, -0.2) is 133 Å². The third kappa shape index (κ3) is 15.6. The molecule has 9 N–H and O–H groups in total. The van der Waals surface area contributed by atoms with Crippen LogP contribution in [0, 0.1) is 17.0 Å². The van der Waals surface area contributed by atoms with Gasteiger partial charge in [0.2, 0.25) is 35.4 Å². The molecule has 0 radical (unpaired) electrons. The lowest BCUT2D eigenvalue weighted by Gasteiger charge is -2.41. The van der Waals surface area contributed by atoms with Crippen molar-refractivity contribution in [3.63, 3.8) is 0 Å². The summed E-state index contributed by atoms with van der Waals surface area (Å²) < 4.78 is 31.6. The monoisotopic (exact) mass is 964 g/mol. The molecule has 2 aromatic carbocycles. The van der Waals surface area contributed by atoms with Gasteiger partial charge in [0, 0.05) is 67.6 Å². The molecule has 0 saturated carbocycles. The standard InChI is InChI=1S/C46H54F2N8O13/c1-46(2,3)42(34-19-27(29-20-28(47)9-10-30(29)48)23-54(34)22-26-7-5-4-6-8-26)55(40(63)25-57)18-16-31(43(66)50-17-15-36(59)51-32(45(68)69)11-14-41(64)65)53-44(67)33(21-35(49)58)52-37(60)24-56-38(61)12-13-39(56)62/h4-10,12-13,19-20,23,31-33,42,57H,11,14-18,21-22,24-25H2,1-3H3,(H2,49,58)(H,50,66)(H,51,59)(H,52,60)(H,53,67)(H,64,65)(H,68,69)/t31-,32+,33+,42-/m0/s1. The Morgan fingerprint density at radius 2 is 1.45 bits per heavy atom. The van der Waals surface area contributed by atoms with Crippen LogP contribution in [0.4, 0.5) is 8.78 Å². The molecule has 0 saturated heterocycles. The van der Waals surface area contributed by atoms with E-state index in [1.54, 1.807) is 55.8 Å². The summed E-state index contributed by atoms with van der Waals surface area (Å²) in [6, 6.07) is 7.49. The minimum Gasteiger partial charge on any atom is -0.481 e. The van der Waals surface area contributed by atoms with Gasteiger partial charge in [0.15, 0.2) is 0 Å². The number of aliphatic carboxylic acids is 2. The number of aliphatic hydroxyl groups is 1. The van der Waals surface area contributed by atoms with Crippen LogP contribution in [0.15, 0.2) is 72.9 Å². The third-order valence-corrected chi connectivity index (χ3v) is 10.7. The van der Waals surface area contributed by atoms with Crippen molar-refractivity contribution in [1.82, 2.24) is 35.6 Å². The predicted molar refractivity (Wildman–Crippen MR) is 239 cm³/mol. The van der Waals surface area contributed by atoms with Crippen LogP contribution in [0.25, 0.3) is 11.1 Å². The first kappa shape index (κ1) is 53.8. The third-order valence-electron chi connectivity index (χ3n) is 10.7. The number of nitrogens with two attached hydrogens (primary N) is 1. The molecule has 0 aliphatic carbocycles. The number of hydrogen-bond donors (Lipinski definition) is 8. The second kappa shape index (κ2) is 24.3. The second-order valence-corrected chi connectivity index (χ2v) is 17.1. The maximum atomic E-state index is 15.3. The molecule has 0 bridgehead atoms. The van der Waals surface area contributed by atoms with Gasteiger partial charge < -0.3 is 51.8 Å². The highest BCUT2D eigenvalue weighted by Gasteiger charge is 2.39. The summed E-state index contributed by atoms with van der Waals surface area (Å²) >= 11 is 0. The molecule has 370 valence electrons. The van der Waals surface area contributed by atoms with Crippen molar-refractivity contribution < 1.29 is 72.0 Å². The number of carbonyl (C=O) groups is 10. The van der Waals surface area contributed by atoms with Crippen molar-refractivity contribution in [2.75, 3.05) is 26.2 Å². The number of hydrogen-bond acceptors (Lipinski definition) is 11. The fraction of sp³-hybridized carbons (Fsp3) is 0.391. The van der Waals surface area contributed by atoms with Crippen molar-refractivity contribution in [3.05, 3.63) is 95.8 Å². The highest BCUT2D eigenvalue weighted by molar-refractivity contribution is 6.14. The second-order valence-electron chi connectivity index (χ2n) is 17.1. The average molecular weight is 965 g/mol. The smallest absolute Gasteiger partial charge is 0.326 e. The lowest BCUT2D eigenvalue weighted by Crippen LogP contribution is -2.56. The highest BCUT2D eigenvalue weighted by Crippen LogP contribution is 2.41. The summed E-state index contributed by atoms with van der Waals surface area (Å²) in [7, 11) is 0. The molecule has 23 heteroatoms. The Balaban J connectivity index is 1.71. The Morgan fingerprint density at radius 3 is 2.04 bits per heavy atom. The van der Waals surface area contributed by atoms with Gasteiger partial charge in [0.25, 0.3) is 11.8 Å². The van der Waals surface area contributed by atoms with E-state index in [0.29, 0.717) is 10.6 Å². The SMILES string of the molecule is CC(C)(C)[C@H](c1cc(-c2cc(F)ccc2F)cn1Cc1ccccc1)N(CC[C@H](NC(=O)[C@@H](CC(N)=O)NC(=O)CN1C(=O)C=CC1=O)C(=O)NCCC(=O)N[C@H](CCC(=O)O)C(=O)O)C(=O)CO. The molecule has 8 amide bonds. The molecule has 4 rings (SSSR count). The first-order valence-corrected chi connectivity index (χ1v) is 21.5. The van der Waals surface area contributed by atoms with E-state index in [4.69, 9.17) is 10.8 Å². The van der Waals surface area contributed by atoms with E-state index in [0.717, 1.165) is 35.9 Å². The van der Waals surface area contributed by atoms with E-state index in [1.807, 2.05) is 12.1 Å². The summed E-state index contributed by atoms with van der Waals surface area (Å²) in [6.45, 7) is 2.65. The lowest BCUT2D eigenvalue weighted by atomic mass is 9.82. The molecule has 0 fully saturated rings. The first-order valence-electron chi connectivity index (χ1n) is 21.5. The number of carbonyl (C=O) groups excluding carboxylic acids is 8. The van der Waals surface area contributed by atoms with E-state index in [1.165, 1.54) is 4.90 Å². The van der Waals surface area contributed by atoms with Gasteiger partial charge in [-0.1, -0.05) is 51.1 Å². The van der Waals surface area contributed by atoms with Crippen molar-refractivity contribution in [2.24, 2.45) is 11.1 Å². The largest absolute Gasteiger partial charge is 0.481 e. The Morgan fingerprint density at radius 1 is 0.797 bits per heavy atom. The number of aliphatic hydroxyl groups excluding tert-OH is 1. The number of halogens is 2. The Labute approximate surface area is 394 Å². The Kier molecular flexibility index (Phi) is 18.9. The number of primary amides is 1. The molecule has 2 heterocycles. The van der Waals surface area contributed by atoms with E-state index in [9.17, 15) is 62.5 Å². The minimum atomic E-state index is -1.80. The number of benzene rings is 2.